The molecule has 2 N–H and O–H groups in total. The number of benzene rings is 2. The van der Waals surface area contributed by atoms with Gasteiger partial charge in [0.25, 0.3) is 0 Å². The number of hydrogen-bond donors (Lipinski definition) is 1. The Morgan fingerprint density at radius 1 is 1.14 bits per heavy atom. The maximum absolute atomic E-state index is 12.2. The second-order valence-corrected chi connectivity index (χ2v) is 7.00. The number of nitrogens with zero attached hydrogens (tertiary/aromatic N) is 3. The summed E-state index contributed by atoms with van der Waals surface area (Å²) < 4.78 is 1.77. The SMILES string of the molecule is NC(=O)CN(Cc1cc(Cl)cc(-c2cnn(-c3ccccc3)c2)c1)C(=O)C=CCl. The number of rotatable bonds is 7. The molecular formula is C21H18Cl2N4O2. The molecule has 0 aliphatic rings. The molecule has 0 atom stereocenters. The van der Waals surface area contributed by atoms with Gasteiger partial charge in [-0.05, 0) is 41.5 Å². The van der Waals surface area contributed by atoms with Crippen LogP contribution in [0.2, 0.25) is 5.02 Å². The molecule has 29 heavy (non-hydrogen) atoms. The number of hydrogen-bond acceptors (Lipinski definition) is 3. The van der Waals surface area contributed by atoms with Gasteiger partial charge in [0.05, 0.1) is 18.4 Å². The predicted molar refractivity (Wildman–Crippen MR) is 114 cm³/mol. The quantitative estimate of drug-likeness (QED) is 0.581. The molecule has 0 bridgehead atoms. The number of carbonyl (C=O) groups is 2. The maximum atomic E-state index is 12.2. The van der Waals surface area contributed by atoms with Crippen molar-refractivity contribution in [3.05, 3.63) is 83.1 Å². The molecule has 2 amide bonds. The number of amides is 2. The fourth-order valence-electron chi connectivity index (χ4n) is 2.88. The van der Waals surface area contributed by atoms with Crippen molar-refractivity contribution < 1.29 is 9.59 Å². The fourth-order valence-corrected chi connectivity index (χ4v) is 3.25. The number of nitrogens with two attached hydrogens (primary N) is 1. The van der Waals surface area contributed by atoms with E-state index in [0.717, 1.165) is 27.9 Å². The van der Waals surface area contributed by atoms with E-state index in [4.69, 9.17) is 28.9 Å². The summed E-state index contributed by atoms with van der Waals surface area (Å²) >= 11 is 11.8. The maximum Gasteiger partial charge on any atom is 0.248 e. The first-order chi connectivity index (χ1) is 14.0. The van der Waals surface area contributed by atoms with Gasteiger partial charge < -0.3 is 10.6 Å². The summed E-state index contributed by atoms with van der Waals surface area (Å²) in [6.45, 7) is -0.0722. The molecular weight excluding hydrogens is 411 g/mol. The van der Waals surface area contributed by atoms with Crippen LogP contribution >= 0.6 is 23.2 Å². The highest BCUT2D eigenvalue weighted by Crippen LogP contribution is 2.26. The van der Waals surface area contributed by atoms with Gasteiger partial charge in [-0.15, -0.1) is 0 Å². The summed E-state index contributed by atoms with van der Waals surface area (Å²) in [5, 5.41) is 4.90. The van der Waals surface area contributed by atoms with Gasteiger partial charge in [-0.1, -0.05) is 41.4 Å². The Kier molecular flexibility index (Phi) is 6.69. The molecule has 0 aliphatic carbocycles. The Hall–Kier alpha value is -3.09. The van der Waals surface area contributed by atoms with Crippen molar-refractivity contribution in [2.24, 2.45) is 5.73 Å². The molecule has 0 spiro atoms. The number of primary amides is 1. The van der Waals surface area contributed by atoms with Crippen molar-refractivity contribution in [2.45, 2.75) is 6.54 Å². The summed E-state index contributed by atoms with van der Waals surface area (Å²) in [5.74, 6) is -1.04. The van der Waals surface area contributed by atoms with Crippen molar-refractivity contribution in [3.8, 4) is 16.8 Å². The van der Waals surface area contributed by atoms with E-state index >= 15 is 0 Å². The summed E-state index contributed by atoms with van der Waals surface area (Å²) in [4.78, 5) is 24.8. The van der Waals surface area contributed by atoms with Gasteiger partial charge in [0, 0.05) is 34.9 Å². The van der Waals surface area contributed by atoms with Crippen molar-refractivity contribution in [1.82, 2.24) is 14.7 Å². The van der Waals surface area contributed by atoms with E-state index in [0.29, 0.717) is 5.02 Å². The minimum Gasteiger partial charge on any atom is -0.368 e. The van der Waals surface area contributed by atoms with Crippen LogP contribution in [0.5, 0.6) is 0 Å². The van der Waals surface area contributed by atoms with Crippen LogP contribution < -0.4 is 5.73 Å². The second-order valence-electron chi connectivity index (χ2n) is 6.31. The average molecular weight is 429 g/mol. The fraction of sp³-hybridized carbons (Fsp3) is 0.0952. The topological polar surface area (TPSA) is 81.2 Å². The van der Waals surface area contributed by atoms with Gasteiger partial charge in [0.15, 0.2) is 0 Å². The smallest absolute Gasteiger partial charge is 0.248 e. The van der Waals surface area contributed by atoms with E-state index in [1.165, 1.54) is 11.0 Å². The largest absolute Gasteiger partial charge is 0.368 e. The zero-order valence-electron chi connectivity index (χ0n) is 15.3. The summed E-state index contributed by atoms with van der Waals surface area (Å²) in [5.41, 5.74) is 9.75. The van der Waals surface area contributed by atoms with Crippen LogP contribution in [0.15, 0.2) is 72.5 Å². The van der Waals surface area contributed by atoms with Crippen LogP contribution in [0.25, 0.3) is 16.8 Å². The highest BCUT2D eigenvalue weighted by molar-refractivity contribution is 6.31. The van der Waals surface area contributed by atoms with Gasteiger partial charge in [0.1, 0.15) is 0 Å². The van der Waals surface area contributed by atoms with E-state index in [9.17, 15) is 9.59 Å². The lowest BCUT2D eigenvalue weighted by molar-refractivity contribution is -0.131. The van der Waals surface area contributed by atoms with E-state index in [1.807, 2.05) is 48.7 Å². The minimum atomic E-state index is -0.618. The monoisotopic (exact) mass is 428 g/mol. The summed E-state index contributed by atoms with van der Waals surface area (Å²) in [6, 6.07) is 15.2. The van der Waals surface area contributed by atoms with Gasteiger partial charge in [0.2, 0.25) is 11.8 Å². The molecule has 3 rings (SSSR count). The van der Waals surface area contributed by atoms with E-state index in [2.05, 4.69) is 5.10 Å². The molecule has 1 heterocycles. The molecule has 2 aromatic carbocycles. The predicted octanol–water partition coefficient (Wildman–Crippen LogP) is 3.76. The third-order valence-corrected chi connectivity index (χ3v) is 4.48. The Balaban J connectivity index is 1.89. The van der Waals surface area contributed by atoms with Gasteiger partial charge in [-0.25, -0.2) is 4.68 Å². The van der Waals surface area contributed by atoms with Crippen LogP contribution in [0.3, 0.4) is 0 Å². The Bertz CT molecular complexity index is 1050. The van der Waals surface area contributed by atoms with Crippen molar-refractivity contribution >= 4 is 35.0 Å². The lowest BCUT2D eigenvalue weighted by Crippen LogP contribution is -2.37. The summed E-state index contributed by atoms with van der Waals surface area (Å²) in [6.07, 6.45) is 4.80. The summed E-state index contributed by atoms with van der Waals surface area (Å²) in [7, 11) is 0. The highest BCUT2D eigenvalue weighted by atomic mass is 35.5. The lowest BCUT2D eigenvalue weighted by atomic mass is 10.1. The van der Waals surface area contributed by atoms with Gasteiger partial charge in [-0.2, -0.15) is 5.10 Å². The minimum absolute atomic E-state index is 0.156. The molecule has 0 aliphatic heterocycles. The third-order valence-electron chi connectivity index (χ3n) is 4.13. The molecule has 0 saturated carbocycles. The Morgan fingerprint density at radius 2 is 1.90 bits per heavy atom. The van der Waals surface area contributed by atoms with Crippen LogP contribution in [0.4, 0.5) is 0 Å². The number of para-hydroxylation sites is 1. The average Bonchev–Trinajstić information content (AvgIpc) is 3.18. The van der Waals surface area contributed by atoms with Crippen molar-refractivity contribution in [3.63, 3.8) is 0 Å². The molecule has 6 nitrogen and oxygen atoms in total. The molecule has 1 aromatic heterocycles. The first-order valence-corrected chi connectivity index (χ1v) is 9.51. The van der Waals surface area contributed by atoms with Crippen LogP contribution in [0, 0.1) is 0 Å². The zero-order chi connectivity index (χ0) is 20.8. The first kappa shape index (κ1) is 20.6. The van der Waals surface area contributed by atoms with Gasteiger partial charge >= 0.3 is 0 Å². The standard InChI is InChI=1S/C21H18Cl2N4O2/c22-7-6-21(29)26(14-20(24)28)12-15-8-16(10-18(23)9-15)17-11-25-27(13-17)19-4-2-1-3-5-19/h1-11,13H,12,14H2,(H2,24,28). The third kappa shape index (κ3) is 5.47. The second kappa shape index (κ2) is 9.41. The molecule has 148 valence electrons. The molecule has 3 aromatic rings. The lowest BCUT2D eigenvalue weighted by Gasteiger charge is -2.20. The zero-order valence-corrected chi connectivity index (χ0v) is 16.8. The van der Waals surface area contributed by atoms with Gasteiger partial charge in [-0.3, -0.25) is 9.59 Å². The molecule has 0 fully saturated rings. The van der Waals surface area contributed by atoms with Crippen LogP contribution in [0.1, 0.15) is 5.56 Å². The van der Waals surface area contributed by atoms with Crippen molar-refractivity contribution in [1.29, 1.82) is 0 Å². The highest BCUT2D eigenvalue weighted by Gasteiger charge is 2.15. The first-order valence-electron chi connectivity index (χ1n) is 8.70. The van der Waals surface area contributed by atoms with E-state index < -0.39 is 11.8 Å². The van der Waals surface area contributed by atoms with E-state index in [1.54, 1.807) is 16.9 Å². The molecule has 0 radical (unpaired) electrons. The van der Waals surface area contributed by atoms with Crippen LogP contribution in [-0.4, -0.2) is 33.0 Å². The Labute approximate surface area is 178 Å². The number of aromatic nitrogens is 2. The Morgan fingerprint density at radius 3 is 2.59 bits per heavy atom. The normalized spacial score (nSPS) is 11.0. The van der Waals surface area contributed by atoms with Crippen molar-refractivity contribution in [2.75, 3.05) is 6.54 Å². The van der Waals surface area contributed by atoms with E-state index in [-0.39, 0.29) is 13.1 Å². The molecule has 0 saturated heterocycles. The number of halogens is 2. The molecule has 8 heteroatoms. The number of carbonyl (C=O) groups excluding carboxylic acids is 2. The van der Waals surface area contributed by atoms with Crippen LogP contribution in [-0.2, 0) is 16.1 Å². The molecule has 0 unspecified atom stereocenters.